The fourth-order valence-electron chi connectivity index (χ4n) is 3.10. The van der Waals surface area contributed by atoms with Gasteiger partial charge in [-0.15, -0.1) is 0 Å². The van der Waals surface area contributed by atoms with Crippen LogP contribution < -0.4 is 9.47 Å². The van der Waals surface area contributed by atoms with E-state index < -0.39 is 0 Å². The number of amides is 1. The topological polar surface area (TPSA) is 48.0 Å². The van der Waals surface area contributed by atoms with Crippen LogP contribution in [0.4, 0.5) is 4.39 Å². The molecule has 28 heavy (non-hydrogen) atoms. The summed E-state index contributed by atoms with van der Waals surface area (Å²) in [4.78, 5) is 14.6. The van der Waals surface area contributed by atoms with E-state index in [0.717, 1.165) is 30.8 Å². The first kappa shape index (κ1) is 20.6. The Bertz CT molecular complexity index is 811. The highest BCUT2D eigenvalue weighted by atomic mass is 79.9. The third kappa shape index (κ3) is 5.69. The predicted octanol–water partition coefficient (Wildman–Crippen LogP) is 4.18. The minimum absolute atomic E-state index is 0.0344. The van der Waals surface area contributed by atoms with Crippen LogP contribution in [0.15, 0.2) is 46.9 Å². The first-order chi connectivity index (χ1) is 13.5. The van der Waals surface area contributed by atoms with Crippen molar-refractivity contribution in [1.82, 2.24) is 4.90 Å². The Morgan fingerprint density at radius 3 is 2.89 bits per heavy atom. The molecule has 0 spiro atoms. The van der Waals surface area contributed by atoms with Gasteiger partial charge in [-0.1, -0.05) is 12.1 Å². The Labute approximate surface area is 172 Å². The fourth-order valence-corrected chi connectivity index (χ4v) is 3.57. The van der Waals surface area contributed by atoms with Gasteiger partial charge in [-0.25, -0.2) is 4.39 Å². The Morgan fingerprint density at radius 1 is 1.32 bits per heavy atom. The largest absolute Gasteiger partial charge is 0.497 e. The molecule has 1 amide bonds. The molecule has 1 aliphatic rings. The van der Waals surface area contributed by atoms with Crippen molar-refractivity contribution in [3.05, 3.63) is 58.3 Å². The summed E-state index contributed by atoms with van der Waals surface area (Å²) in [6, 6.07) is 11.7. The minimum atomic E-state index is -0.372. The molecule has 1 unspecified atom stereocenters. The minimum Gasteiger partial charge on any atom is -0.497 e. The van der Waals surface area contributed by atoms with Gasteiger partial charge in [0.05, 0.1) is 17.7 Å². The van der Waals surface area contributed by atoms with Crippen molar-refractivity contribution in [3.63, 3.8) is 0 Å². The van der Waals surface area contributed by atoms with Crippen molar-refractivity contribution in [1.29, 1.82) is 0 Å². The fraction of sp³-hybridized carbons (Fsp3) is 0.381. The van der Waals surface area contributed by atoms with Gasteiger partial charge in [0.25, 0.3) is 5.91 Å². The summed E-state index contributed by atoms with van der Waals surface area (Å²) >= 11 is 3.25. The molecule has 0 bridgehead atoms. The number of ether oxygens (including phenoxy) is 3. The van der Waals surface area contributed by atoms with Crippen LogP contribution in [0.1, 0.15) is 18.4 Å². The maximum absolute atomic E-state index is 13.2. The molecule has 1 fully saturated rings. The van der Waals surface area contributed by atoms with E-state index >= 15 is 0 Å². The number of hydrogen-bond acceptors (Lipinski definition) is 4. The molecule has 2 aromatic rings. The number of hydrogen-bond donors (Lipinski definition) is 0. The van der Waals surface area contributed by atoms with Crippen LogP contribution in [0, 0.1) is 5.82 Å². The van der Waals surface area contributed by atoms with Crippen LogP contribution in [-0.4, -0.2) is 43.8 Å². The second-order valence-electron chi connectivity index (χ2n) is 6.62. The zero-order chi connectivity index (χ0) is 19.9. The molecule has 2 aromatic carbocycles. The van der Waals surface area contributed by atoms with E-state index in [-0.39, 0.29) is 24.4 Å². The highest BCUT2D eigenvalue weighted by molar-refractivity contribution is 9.10. The van der Waals surface area contributed by atoms with Gasteiger partial charge in [-0.05, 0) is 64.7 Å². The summed E-state index contributed by atoms with van der Waals surface area (Å²) in [5, 5.41) is 0. The molecule has 0 radical (unpaired) electrons. The van der Waals surface area contributed by atoms with Gasteiger partial charge in [-0.2, -0.15) is 0 Å². The van der Waals surface area contributed by atoms with E-state index in [9.17, 15) is 9.18 Å². The summed E-state index contributed by atoms with van der Waals surface area (Å²) in [5.74, 6) is 0.639. The molecule has 1 atom stereocenters. The van der Waals surface area contributed by atoms with E-state index in [2.05, 4.69) is 15.9 Å². The number of halogens is 2. The molecule has 1 saturated heterocycles. The summed E-state index contributed by atoms with van der Waals surface area (Å²) < 4.78 is 30.3. The molecule has 0 aromatic heterocycles. The average Bonchev–Trinajstić information content (AvgIpc) is 3.20. The normalized spacial score (nSPS) is 16.0. The quantitative estimate of drug-likeness (QED) is 0.603. The highest BCUT2D eigenvalue weighted by Gasteiger charge is 2.23. The summed E-state index contributed by atoms with van der Waals surface area (Å²) in [7, 11) is 1.61. The van der Waals surface area contributed by atoms with E-state index in [1.807, 2.05) is 24.3 Å². The number of nitrogens with zero attached hydrogens (tertiary/aromatic N) is 1. The second-order valence-corrected chi connectivity index (χ2v) is 7.48. The van der Waals surface area contributed by atoms with E-state index in [1.165, 1.54) is 18.2 Å². The lowest BCUT2D eigenvalue weighted by atomic mass is 10.1. The van der Waals surface area contributed by atoms with Crippen molar-refractivity contribution in [2.45, 2.75) is 25.5 Å². The third-order valence-electron chi connectivity index (χ3n) is 4.55. The standard InChI is InChI=1S/C21H23BrFNO4/c1-26-17-5-2-4-15(10-17)12-24(13-18-6-3-9-27-18)21(25)14-28-20-8-7-16(23)11-19(20)22/h2,4-5,7-8,10-11,18H,3,6,9,12-14H2,1H3. The first-order valence-corrected chi connectivity index (χ1v) is 9.94. The van der Waals surface area contributed by atoms with Crippen LogP contribution in [0.5, 0.6) is 11.5 Å². The summed E-state index contributed by atoms with van der Waals surface area (Å²) in [6.07, 6.45) is 1.98. The summed E-state index contributed by atoms with van der Waals surface area (Å²) in [5.41, 5.74) is 0.966. The van der Waals surface area contributed by atoms with Crippen molar-refractivity contribution < 1.29 is 23.4 Å². The average molecular weight is 452 g/mol. The van der Waals surface area contributed by atoms with E-state index in [1.54, 1.807) is 12.0 Å². The molecule has 150 valence electrons. The van der Waals surface area contributed by atoms with Gasteiger partial charge in [0.1, 0.15) is 17.3 Å². The van der Waals surface area contributed by atoms with Crippen LogP contribution in [0.25, 0.3) is 0 Å². The van der Waals surface area contributed by atoms with Crippen molar-refractivity contribution in [2.24, 2.45) is 0 Å². The number of methoxy groups -OCH3 is 1. The summed E-state index contributed by atoms with van der Waals surface area (Å²) in [6.45, 7) is 1.53. The number of carbonyl (C=O) groups excluding carboxylic acids is 1. The number of carbonyl (C=O) groups is 1. The molecule has 0 aliphatic carbocycles. The van der Waals surface area contributed by atoms with Crippen LogP contribution >= 0.6 is 15.9 Å². The van der Waals surface area contributed by atoms with E-state index in [0.29, 0.717) is 23.3 Å². The van der Waals surface area contributed by atoms with Gasteiger partial charge in [0.2, 0.25) is 0 Å². The number of rotatable bonds is 8. The van der Waals surface area contributed by atoms with Gasteiger partial charge >= 0.3 is 0 Å². The molecule has 5 nitrogen and oxygen atoms in total. The highest BCUT2D eigenvalue weighted by Crippen LogP contribution is 2.25. The van der Waals surface area contributed by atoms with Crippen LogP contribution in [-0.2, 0) is 16.1 Å². The monoisotopic (exact) mass is 451 g/mol. The van der Waals surface area contributed by atoms with Crippen LogP contribution in [0.3, 0.4) is 0 Å². The molecule has 1 aliphatic heterocycles. The Hall–Kier alpha value is -2.12. The van der Waals surface area contributed by atoms with Crippen molar-refractivity contribution in [3.8, 4) is 11.5 Å². The Balaban J connectivity index is 1.68. The molecular weight excluding hydrogens is 429 g/mol. The molecule has 3 rings (SSSR count). The second kappa shape index (κ2) is 9.89. The van der Waals surface area contributed by atoms with Crippen molar-refractivity contribution >= 4 is 21.8 Å². The third-order valence-corrected chi connectivity index (χ3v) is 5.17. The molecule has 0 N–H and O–H groups in total. The van der Waals surface area contributed by atoms with E-state index in [4.69, 9.17) is 14.2 Å². The first-order valence-electron chi connectivity index (χ1n) is 9.15. The van der Waals surface area contributed by atoms with Crippen LogP contribution in [0.2, 0.25) is 0 Å². The zero-order valence-electron chi connectivity index (χ0n) is 15.7. The van der Waals surface area contributed by atoms with Gasteiger partial charge in [0.15, 0.2) is 6.61 Å². The lowest BCUT2D eigenvalue weighted by Gasteiger charge is -2.26. The van der Waals surface area contributed by atoms with Gasteiger partial charge in [0, 0.05) is 19.7 Å². The zero-order valence-corrected chi connectivity index (χ0v) is 17.3. The molecule has 7 heteroatoms. The molecule has 0 saturated carbocycles. The Morgan fingerprint density at radius 2 is 2.18 bits per heavy atom. The maximum Gasteiger partial charge on any atom is 0.260 e. The van der Waals surface area contributed by atoms with Crippen molar-refractivity contribution in [2.75, 3.05) is 26.9 Å². The smallest absolute Gasteiger partial charge is 0.260 e. The van der Waals surface area contributed by atoms with Gasteiger partial charge < -0.3 is 19.1 Å². The maximum atomic E-state index is 13.2. The molecule has 1 heterocycles. The Kier molecular flexibility index (Phi) is 7.28. The molecular formula is C21H23BrFNO4. The lowest BCUT2D eigenvalue weighted by Crippen LogP contribution is -2.39. The predicted molar refractivity (Wildman–Crippen MR) is 107 cm³/mol. The lowest BCUT2D eigenvalue weighted by molar-refractivity contribution is -0.135. The SMILES string of the molecule is COc1cccc(CN(CC2CCCO2)C(=O)COc2ccc(F)cc2Br)c1. The number of benzene rings is 2. The van der Waals surface area contributed by atoms with Gasteiger partial charge in [-0.3, -0.25) is 4.79 Å².